The molecule has 1 aliphatic rings. The Morgan fingerprint density at radius 2 is 2.24 bits per heavy atom. The molecule has 6 nitrogen and oxygen atoms in total. The van der Waals surface area contributed by atoms with E-state index in [1.54, 1.807) is 18.4 Å². The second kappa shape index (κ2) is 7.06. The number of carbonyl (C=O) groups is 2. The van der Waals surface area contributed by atoms with Crippen molar-refractivity contribution in [2.75, 3.05) is 26.0 Å². The third-order valence-corrected chi connectivity index (χ3v) is 4.34. The Bertz CT molecular complexity index is 774. The van der Waals surface area contributed by atoms with Crippen molar-refractivity contribution in [1.82, 2.24) is 10.2 Å². The normalized spacial score (nSPS) is 17.8. The van der Waals surface area contributed by atoms with Gasteiger partial charge in [-0.05, 0) is 43.9 Å². The summed E-state index contributed by atoms with van der Waals surface area (Å²) in [6, 6.07) is 7.60. The van der Waals surface area contributed by atoms with Gasteiger partial charge in [0.1, 0.15) is 11.6 Å². The molecule has 0 saturated carbocycles. The maximum Gasteiger partial charge on any atom is 0.228 e. The highest BCUT2D eigenvalue weighted by Gasteiger charge is 2.31. The lowest BCUT2D eigenvalue weighted by molar-refractivity contribution is -0.126. The van der Waals surface area contributed by atoms with E-state index in [-0.39, 0.29) is 24.3 Å². The predicted molar refractivity (Wildman–Crippen MR) is 90.5 cm³/mol. The summed E-state index contributed by atoms with van der Waals surface area (Å²) in [5.41, 5.74) is 0.976. The van der Waals surface area contributed by atoms with Crippen molar-refractivity contribution in [2.45, 2.75) is 18.4 Å². The number of benzene rings is 1. The number of furan rings is 1. The van der Waals surface area contributed by atoms with Gasteiger partial charge in [0.15, 0.2) is 0 Å². The number of carbonyl (C=O) groups excluding carboxylic acids is 2. The molecule has 2 N–H and O–H groups in total. The lowest BCUT2D eigenvalue weighted by Crippen LogP contribution is -2.39. The van der Waals surface area contributed by atoms with Crippen LogP contribution in [-0.2, 0) is 9.59 Å². The molecule has 2 aromatic rings. The molecule has 1 aromatic carbocycles. The van der Waals surface area contributed by atoms with Gasteiger partial charge in [-0.3, -0.25) is 14.5 Å². The zero-order valence-corrected chi connectivity index (χ0v) is 14.1. The summed E-state index contributed by atoms with van der Waals surface area (Å²) in [6.07, 6.45) is 1.63. The Morgan fingerprint density at radius 1 is 1.44 bits per heavy atom. The number of hydrogen-bond acceptors (Lipinski definition) is 4. The molecule has 3 rings (SSSR count). The molecule has 2 atom stereocenters. The van der Waals surface area contributed by atoms with Crippen molar-refractivity contribution in [3.05, 3.63) is 53.7 Å². The molecule has 1 aliphatic heterocycles. The number of rotatable bonds is 5. The molecule has 2 amide bonds. The Morgan fingerprint density at radius 3 is 2.92 bits per heavy atom. The van der Waals surface area contributed by atoms with Gasteiger partial charge in [0.25, 0.3) is 0 Å². The van der Waals surface area contributed by atoms with Gasteiger partial charge in [-0.1, -0.05) is 6.07 Å². The van der Waals surface area contributed by atoms with Crippen LogP contribution in [0.4, 0.5) is 10.1 Å². The van der Waals surface area contributed by atoms with Crippen molar-refractivity contribution in [3.8, 4) is 0 Å². The van der Waals surface area contributed by atoms with Gasteiger partial charge in [0.2, 0.25) is 11.8 Å². The lowest BCUT2D eigenvalue weighted by Gasteiger charge is -2.27. The van der Waals surface area contributed by atoms with Crippen LogP contribution in [0.25, 0.3) is 0 Å². The SMILES string of the molecule is CN(C)[C@@H](CNC(=O)[C@@H]1CC(=O)Nc2cc(F)ccc21)c1ccco1. The molecule has 0 spiro atoms. The van der Waals surface area contributed by atoms with Crippen LogP contribution < -0.4 is 10.6 Å². The molecule has 25 heavy (non-hydrogen) atoms. The zero-order valence-electron chi connectivity index (χ0n) is 14.1. The fourth-order valence-corrected chi connectivity index (χ4v) is 3.01. The first kappa shape index (κ1) is 17.2. The van der Waals surface area contributed by atoms with E-state index in [4.69, 9.17) is 4.42 Å². The number of fused-ring (bicyclic) bond motifs is 1. The Hall–Kier alpha value is -2.67. The second-order valence-corrected chi connectivity index (χ2v) is 6.28. The van der Waals surface area contributed by atoms with Crippen LogP contribution >= 0.6 is 0 Å². The monoisotopic (exact) mass is 345 g/mol. The highest BCUT2D eigenvalue weighted by atomic mass is 19.1. The highest BCUT2D eigenvalue weighted by Crippen LogP contribution is 2.33. The summed E-state index contributed by atoms with van der Waals surface area (Å²) in [5.74, 6) is -0.905. The molecule has 0 unspecified atom stereocenters. The number of likely N-dealkylation sites (N-methyl/N-ethyl adjacent to an activating group) is 1. The number of amides is 2. The Balaban J connectivity index is 1.74. The Labute approximate surface area is 145 Å². The number of nitrogens with zero attached hydrogens (tertiary/aromatic N) is 1. The summed E-state index contributed by atoms with van der Waals surface area (Å²) in [6.45, 7) is 0.341. The summed E-state index contributed by atoms with van der Waals surface area (Å²) in [5, 5.41) is 5.49. The maximum atomic E-state index is 13.4. The molecule has 0 radical (unpaired) electrons. The number of halogens is 1. The first-order valence-electron chi connectivity index (χ1n) is 8.02. The van der Waals surface area contributed by atoms with Gasteiger partial charge < -0.3 is 15.1 Å². The molecule has 2 heterocycles. The van der Waals surface area contributed by atoms with E-state index in [1.807, 2.05) is 25.1 Å². The van der Waals surface area contributed by atoms with E-state index < -0.39 is 11.7 Å². The maximum absolute atomic E-state index is 13.4. The Kier molecular flexibility index (Phi) is 4.85. The molecule has 0 fully saturated rings. The number of hydrogen-bond donors (Lipinski definition) is 2. The minimum atomic E-state index is -0.635. The van der Waals surface area contributed by atoms with E-state index >= 15 is 0 Å². The van der Waals surface area contributed by atoms with E-state index in [1.165, 1.54) is 12.1 Å². The summed E-state index contributed by atoms with van der Waals surface area (Å²) in [7, 11) is 3.79. The molecule has 0 saturated heterocycles. The van der Waals surface area contributed by atoms with E-state index in [0.29, 0.717) is 17.8 Å². The summed E-state index contributed by atoms with van der Waals surface area (Å²) in [4.78, 5) is 26.4. The van der Waals surface area contributed by atoms with E-state index in [2.05, 4.69) is 10.6 Å². The fourth-order valence-electron chi connectivity index (χ4n) is 3.01. The van der Waals surface area contributed by atoms with Crippen LogP contribution in [0.1, 0.15) is 29.7 Å². The van der Waals surface area contributed by atoms with Gasteiger partial charge >= 0.3 is 0 Å². The third kappa shape index (κ3) is 3.71. The molecular weight excluding hydrogens is 325 g/mol. The fraction of sp³-hybridized carbons (Fsp3) is 0.333. The van der Waals surface area contributed by atoms with Crippen molar-refractivity contribution >= 4 is 17.5 Å². The second-order valence-electron chi connectivity index (χ2n) is 6.28. The van der Waals surface area contributed by atoms with Crippen LogP contribution in [0.15, 0.2) is 41.0 Å². The standard InChI is InChI=1S/C18H20FN3O3/c1-22(2)15(16-4-3-7-25-16)10-20-18(24)13-9-17(23)21-14-8-11(19)5-6-12(13)14/h3-8,13,15H,9-10H2,1-2H3,(H,20,24)(H,21,23)/t13-,15+/m1/s1. The third-order valence-electron chi connectivity index (χ3n) is 4.34. The van der Waals surface area contributed by atoms with Crippen molar-refractivity contribution < 1.29 is 18.4 Å². The topological polar surface area (TPSA) is 74.6 Å². The van der Waals surface area contributed by atoms with Crippen molar-refractivity contribution in [3.63, 3.8) is 0 Å². The van der Waals surface area contributed by atoms with Gasteiger partial charge in [-0.2, -0.15) is 0 Å². The minimum absolute atomic E-state index is 0.0395. The van der Waals surface area contributed by atoms with Crippen molar-refractivity contribution in [1.29, 1.82) is 0 Å². The van der Waals surface area contributed by atoms with Gasteiger partial charge in [0, 0.05) is 18.7 Å². The van der Waals surface area contributed by atoms with Crippen LogP contribution in [0, 0.1) is 5.82 Å². The molecule has 132 valence electrons. The van der Waals surface area contributed by atoms with Gasteiger partial charge in [-0.15, -0.1) is 0 Å². The van der Waals surface area contributed by atoms with Crippen LogP contribution in [0.5, 0.6) is 0 Å². The predicted octanol–water partition coefficient (Wildman–Crippen LogP) is 2.26. The minimum Gasteiger partial charge on any atom is -0.468 e. The molecular formula is C18H20FN3O3. The molecule has 0 aliphatic carbocycles. The summed E-state index contributed by atoms with van der Waals surface area (Å²) >= 11 is 0. The van der Waals surface area contributed by atoms with E-state index in [0.717, 1.165) is 5.76 Å². The smallest absolute Gasteiger partial charge is 0.228 e. The van der Waals surface area contributed by atoms with Crippen molar-refractivity contribution in [2.24, 2.45) is 0 Å². The largest absolute Gasteiger partial charge is 0.468 e. The average Bonchev–Trinajstić information content (AvgIpc) is 3.07. The first-order chi connectivity index (χ1) is 12.0. The molecule has 0 bridgehead atoms. The van der Waals surface area contributed by atoms with E-state index in [9.17, 15) is 14.0 Å². The van der Waals surface area contributed by atoms with Crippen LogP contribution in [-0.4, -0.2) is 37.4 Å². The average molecular weight is 345 g/mol. The van der Waals surface area contributed by atoms with Gasteiger partial charge in [-0.25, -0.2) is 4.39 Å². The lowest BCUT2D eigenvalue weighted by atomic mass is 9.89. The highest BCUT2D eigenvalue weighted by molar-refractivity contribution is 6.01. The van der Waals surface area contributed by atoms with Crippen LogP contribution in [0.3, 0.4) is 0 Å². The zero-order chi connectivity index (χ0) is 18.0. The molecule has 7 heteroatoms. The summed E-state index contributed by atoms with van der Waals surface area (Å²) < 4.78 is 18.8. The molecule has 1 aromatic heterocycles. The number of anilines is 1. The van der Waals surface area contributed by atoms with Gasteiger partial charge in [0.05, 0.1) is 18.2 Å². The van der Waals surface area contributed by atoms with Crippen LogP contribution in [0.2, 0.25) is 0 Å². The quantitative estimate of drug-likeness (QED) is 0.872. The first-order valence-corrected chi connectivity index (χ1v) is 8.02. The number of nitrogens with one attached hydrogen (secondary N) is 2.